The van der Waals surface area contributed by atoms with Gasteiger partial charge in [-0.15, -0.1) is 11.3 Å². The van der Waals surface area contributed by atoms with Gasteiger partial charge in [0.15, 0.2) is 5.78 Å². The molecule has 3 heteroatoms. The first-order chi connectivity index (χ1) is 7.18. The number of hydrogen-bond donors (Lipinski definition) is 0. The average molecular weight is 287 g/mol. The molecule has 1 fully saturated rings. The molecule has 1 aliphatic carbocycles. The minimum absolute atomic E-state index is 0.295. The number of thiophene rings is 1. The van der Waals surface area contributed by atoms with E-state index in [1.54, 1.807) is 11.3 Å². The molecule has 0 aromatic carbocycles. The molecule has 0 radical (unpaired) electrons. The number of rotatable bonds is 2. The Hall–Kier alpha value is -0.150. The van der Waals surface area contributed by atoms with Crippen LogP contribution in [0.2, 0.25) is 0 Å². The van der Waals surface area contributed by atoms with Crippen molar-refractivity contribution >= 4 is 33.0 Å². The highest BCUT2D eigenvalue weighted by molar-refractivity contribution is 9.11. The number of ketones is 1. The maximum Gasteiger partial charge on any atom is 0.175 e. The molecule has 82 valence electrons. The van der Waals surface area contributed by atoms with Crippen LogP contribution in [0, 0.1) is 12.8 Å². The lowest BCUT2D eigenvalue weighted by molar-refractivity contribution is 0.0894. The van der Waals surface area contributed by atoms with E-state index >= 15 is 0 Å². The summed E-state index contributed by atoms with van der Waals surface area (Å²) in [4.78, 5) is 13.1. The third-order valence-electron chi connectivity index (χ3n) is 3.08. The van der Waals surface area contributed by atoms with Crippen LogP contribution < -0.4 is 0 Å². The second-order valence-electron chi connectivity index (χ2n) is 4.27. The summed E-state index contributed by atoms with van der Waals surface area (Å²) in [6, 6.07) is 2.02. The Bertz CT molecular complexity index is 344. The molecular weight excluding hydrogens is 272 g/mol. The third-order valence-corrected chi connectivity index (χ3v) is 5.23. The number of aryl methyl sites for hydroxylation is 1. The van der Waals surface area contributed by atoms with Gasteiger partial charge in [0.25, 0.3) is 0 Å². The molecule has 1 aliphatic rings. The van der Waals surface area contributed by atoms with Crippen LogP contribution in [-0.2, 0) is 0 Å². The molecule has 1 saturated carbocycles. The summed E-state index contributed by atoms with van der Waals surface area (Å²) in [6.45, 7) is 2.04. The van der Waals surface area contributed by atoms with E-state index < -0.39 is 0 Å². The molecule has 15 heavy (non-hydrogen) atoms. The Labute approximate surface area is 103 Å². The molecule has 0 bridgehead atoms. The van der Waals surface area contributed by atoms with Gasteiger partial charge in [-0.2, -0.15) is 0 Å². The van der Waals surface area contributed by atoms with E-state index in [9.17, 15) is 4.79 Å². The second-order valence-corrected chi connectivity index (χ2v) is 6.64. The van der Waals surface area contributed by atoms with Crippen molar-refractivity contribution in [2.45, 2.75) is 39.0 Å². The van der Waals surface area contributed by atoms with E-state index in [2.05, 4.69) is 15.9 Å². The van der Waals surface area contributed by atoms with E-state index in [0.29, 0.717) is 11.7 Å². The fourth-order valence-corrected chi connectivity index (χ4v) is 3.70. The topological polar surface area (TPSA) is 17.1 Å². The van der Waals surface area contributed by atoms with E-state index in [1.165, 1.54) is 24.8 Å². The first-order valence-corrected chi connectivity index (χ1v) is 7.09. The zero-order valence-corrected chi connectivity index (χ0v) is 11.3. The highest BCUT2D eigenvalue weighted by Crippen LogP contribution is 2.32. The standard InChI is InChI=1S/C12H15BrOS/c1-8-7-10(15-12(8)13)11(14)9-5-3-2-4-6-9/h7,9H,2-6H2,1H3. The van der Waals surface area contributed by atoms with Crippen molar-refractivity contribution in [1.82, 2.24) is 0 Å². The molecule has 1 aromatic heterocycles. The van der Waals surface area contributed by atoms with Gasteiger partial charge in [0.1, 0.15) is 0 Å². The number of carbonyl (C=O) groups excluding carboxylic acids is 1. The maximum atomic E-state index is 12.2. The first kappa shape index (κ1) is 11.3. The first-order valence-electron chi connectivity index (χ1n) is 5.48. The van der Waals surface area contributed by atoms with Crippen molar-refractivity contribution in [2.75, 3.05) is 0 Å². The normalized spacial score (nSPS) is 18.0. The van der Waals surface area contributed by atoms with E-state index in [-0.39, 0.29) is 0 Å². The SMILES string of the molecule is Cc1cc(C(=O)C2CCCCC2)sc1Br. The largest absolute Gasteiger partial charge is 0.293 e. The molecule has 1 heterocycles. The molecule has 0 amide bonds. The molecule has 1 nitrogen and oxygen atoms in total. The van der Waals surface area contributed by atoms with Gasteiger partial charge in [-0.05, 0) is 47.3 Å². The van der Waals surface area contributed by atoms with Gasteiger partial charge in [-0.25, -0.2) is 0 Å². The van der Waals surface area contributed by atoms with Crippen molar-refractivity contribution < 1.29 is 4.79 Å². The van der Waals surface area contributed by atoms with Crippen molar-refractivity contribution in [1.29, 1.82) is 0 Å². The van der Waals surface area contributed by atoms with Crippen LogP contribution in [0.4, 0.5) is 0 Å². The van der Waals surface area contributed by atoms with E-state index in [4.69, 9.17) is 0 Å². The second kappa shape index (κ2) is 4.79. The minimum Gasteiger partial charge on any atom is -0.293 e. The van der Waals surface area contributed by atoms with Crippen LogP contribution in [0.5, 0.6) is 0 Å². The van der Waals surface area contributed by atoms with E-state index in [1.807, 2.05) is 13.0 Å². The molecule has 1 aromatic rings. The average Bonchev–Trinajstić information content (AvgIpc) is 2.59. The lowest BCUT2D eigenvalue weighted by Crippen LogP contribution is -2.16. The lowest BCUT2D eigenvalue weighted by atomic mass is 9.86. The summed E-state index contributed by atoms with van der Waals surface area (Å²) in [7, 11) is 0. The Morgan fingerprint density at radius 3 is 2.60 bits per heavy atom. The number of halogens is 1. The Balaban J connectivity index is 2.12. The van der Waals surface area contributed by atoms with Crippen LogP contribution in [0.1, 0.15) is 47.3 Å². The zero-order chi connectivity index (χ0) is 10.8. The fraction of sp³-hybridized carbons (Fsp3) is 0.583. The number of hydrogen-bond acceptors (Lipinski definition) is 2. The number of Topliss-reactive ketones (excluding diaryl/α,β-unsaturated/α-hetero) is 1. The summed E-state index contributed by atoms with van der Waals surface area (Å²) >= 11 is 5.06. The predicted octanol–water partition coefficient (Wildman–Crippen LogP) is 4.58. The summed E-state index contributed by atoms with van der Waals surface area (Å²) in [6.07, 6.45) is 5.93. The predicted molar refractivity (Wildman–Crippen MR) is 67.7 cm³/mol. The van der Waals surface area contributed by atoms with Crippen LogP contribution in [0.15, 0.2) is 9.85 Å². The summed E-state index contributed by atoms with van der Waals surface area (Å²) < 4.78 is 1.10. The molecular formula is C12H15BrOS. The summed E-state index contributed by atoms with van der Waals surface area (Å²) in [5, 5.41) is 0. The van der Waals surface area contributed by atoms with Crippen molar-refractivity contribution in [2.24, 2.45) is 5.92 Å². The van der Waals surface area contributed by atoms with Crippen LogP contribution >= 0.6 is 27.3 Å². The van der Waals surface area contributed by atoms with Crippen LogP contribution in [0.25, 0.3) is 0 Å². The van der Waals surface area contributed by atoms with Crippen LogP contribution in [0.3, 0.4) is 0 Å². The van der Waals surface area contributed by atoms with Gasteiger partial charge in [-0.1, -0.05) is 19.3 Å². The smallest absolute Gasteiger partial charge is 0.175 e. The Morgan fingerprint density at radius 1 is 1.40 bits per heavy atom. The van der Waals surface area contributed by atoms with Crippen LogP contribution in [-0.4, -0.2) is 5.78 Å². The van der Waals surface area contributed by atoms with Gasteiger partial charge in [0.2, 0.25) is 0 Å². The molecule has 2 rings (SSSR count). The zero-order valence-electron chi connectivity index (χ0n) is 8.88. The third kappa shape index (κ3) is 2.51. The Morgan fingerprint density at radius 2 is 2.07 bits per heavy atom. The molecule has 0 spiro atoms. The lowest BCUT2D eigenvalue weighted by Gasteiger charge is -2.19. The summed E-state index contributed by atoms with van der Waals surface area (Å²) in [5.74, 6) is 0.664. The minimum atomic E-state index is 0.295. The molecule has 0 unspecified atom stereocenters. The highest BCUT2D eigenvalue weighted by atomic mass is 79.9. The molecule has 0 saturated heterocycles. The highest BCUT2D eigenvalue weighted by Gasteiger charge is 2.23. The van der Waals surface area contributed by atoms with Gasteiger partial charge >= 0.3 is 0 Å². The van der Waals surface area contributed by atoms with Crippen molar-refractivity contribution in [3.63, 3.8) is 0 Å². The van der Waals surface area contributed by atoms with Crippen molar-refractivity contribution in [3.8, 4) is 0 Å². The van der Waals surface area contributed by atoms with Gasteiger partial charge in [-0.3, -0.25) is 4.79 Å². The number of carbonyl (C=O) groups is 1. The Kier molecular flexibility index (Phi) is 3.62. The summed E-state index contributed by atoms with van der Waals surface area (Å²) in [5.41, 5.74) is 1.18. The fourth-order valence-electron chi connectivity index (χ4n) is 2.15. The quantitative estimate of drug-likeness (QED) is 0.727. The van der Waals surface area contributed by atoms with E-state index in [0.717, 1.165) is 21.5 Å². The molecule has 0 atom stereocenters. The van der Waals surface area contributed by atoms with Gasteiger partial charge < -0.3 is 0 Å². The maximum absolute atomic E-state index is 12.2. The molecule has 0 N–H and O–H groups in total. The van der Waals surface area contributed by atoms with Gasteiger partial charge in [0.05, 0.1) is 8.66 Å². The van der Waals surface area contributed by atoms with Gasteiger partial charge in [0, 0.05) is 5.92 Å². The monoisotopic (exact) mass is 286 g/mol. The van der Waals surface area contributed by atoms with Crippen molar-refractivity contribution in [3.05, 3.63) is 20.3 Å². The molecule has 0 aliphatic heterocycles.